The number of carbonyl (C=O) groups excluding carboxylic acids is 1. The number of anilines is 2. The van der Waals surface area contributed by atoms with E-state index in [0.717, 1.165) is 75.7 Å². The van der Waals surface area contributed by atoms with Crippen molar-refractivity contribution in [1.82, 2.24) is 29.3 Å². The summed E-state index contributed by atoms with van der Waals surface area (Å²) in [5, 5.41) is 3.97. The number of hydrogen-bond acceptors (Lipinski definition) is 8. The van der Waals surface area contributed by atoms with Gasteiger partial charge in [0.25, 0.3) is 5.56 Å². The van der Waals surface area contributed by atoms with Gasteiger partial charge in [-0.15, -0.1) is 0 Å². The Morgan fingerprint density at radius 1 is 1.00 bits per heavy atom. The third-order valence-electron chi connectivity index (χ3n) is 9.06. The lowest BCUT2D eigenvalue weighted by molar-refractivity contribution is 0.101. The number of pyridine rings is 2. The van der Waals surface area contributed by atoms with Gasteiger partial charge in [0, 0.05) is 56.0 Å². The number of likely N-dealkylation sites (N-methyl/N-ethyl adjacent to an activating group) is 1. The first-order valence-electron chi connectivity index (χ1n) is 14.7. The van der Waals surface area contributed by atoms with Crippen molar-refractivity contribution in [3.05, 3.63) is 57.6 Å². The Bertz CT molecular complexity index is 1500. The fraction of sp³-hybridized carbons (Fsp3) is 0.516. The standard InChI is InChI=1S/C31H39N7O2/c1-20-26-19-33-31(35-29(26)38(25-6-4-5-7-25)30(40)28(20)21(2)39)34-27-13-10-23(18-32-27)22-8-11-24(12-9-22)37-16-14-36(3)15-17-37/h8,10,13,18-19,24-25H,4-7,9,11-12,14-17H2,1-3H3,(H,32,33,34,35). The molecule has 1 saturated carbocycles. The van der Waals surface area contributed by atoms with Crippen LogP contribution in [0.4, 0.5) is 11.8 Å². The summed E-state index contributed by atoms with van der Waals surface area (Å²) in [6.45, 7) is 7.91. The average molecular weight is 542 g/mol. The molecule has 0 amide bonds. The first-order chi connectivity index (χ1) is 19.4. The summed E-state index contributed by atoms with van der Waals surface area (Å²) in [5.41, 5.74) is 3.75. The number of Topliss-reactive ketones (excluding diaryl/α,β-unsaturated/α-hetero) is 1. The molecule has 6 rings (SSSR count). The Kier molecular flexibility index (Phi) is 7.51. The predicted molar refractivity (Wildman–Crippen MR) is 158 cm³/mol. The van der Waals surface area contributed by atoms with E-state index in [9.17, 15) is 9.59 Å². The molecule has 2 aliphatic carbocycles. The zero-order chi connectivity index (χ0) is 27.8. The van der Waals surface area contributed by atoms with Gasteiger partial charge in [0.2, 0.25) is 5.95 Å². The number of nitrogens with one attached hydrogen (secondary N) is 1. The van der Waals surface area contributed by atoms with Crippen molar-refractivity contribution in [3.63, 3.8) is 0 Å². The van der Waals surface area contributed by atoms with Crippen LogP contribution in [0.5, 0.6) is 0 Å². The van der Waals surface area contributed by atoms with Gasteiger partial charge in [0.15, 0.2) is 5.78 Å². The maximum atomic E-state index is 13.5. The molecule has 0 aromatic carbocycles. The Balaban J connectivity index is 1.21. The van der Waals surface area contributed by atoms with E-state index in [2.05, 4.69) is 44.3 Å². The van der Waals surface area contributed by atoms with Gasteiger partial charge in [0.1, 0.15) is 11.5 Å². The number of carbonyl (C=O) groups is 1. The SMILES string of the molecule is CC(=O)c1c(C)c2cnc(Nc3ccc(C4=CCC(N5CCN(C)CC5)CC4)cn3)nc2n(C2CCCC2)c1=O. The number of hydrogen-bond donors (Lipinski definition) is 1. The van der Waals surface area contributed by atoms with Gasteiger partial charge in [0.05, 0.1) is 5.56 Å². The summed E-state index contributed by atoms with van der Waals surface area (Å²) < 4.78 is 1.74. The second kappa shape index (κ2) is 11.2. The molecule has 9 heteroatoms. The fourth-order valence-corrected chi connectivity index (χ4v) is 6.68. The number of fused-ring (bicyclic) bond motifs is 1. The molecule has 2 fully saturated rings. The molecule has 0 bridgehead atoms. The van der Waals surface area contributed by atoms with E-state index in [-0.39, 0.29) is 22.9 Å². The van der Waals surface area contributed by atoms with Crippen molar-refractivity contribution < 1.29 is 4.79 Å². The van der Waals surface area contributed by atoms with Crippen LogP contribution in [-0.4, -0.2) is 74.4 Å². The second-order valence-electron chi connectivity index (χ2n) is 11.7. The molecule has 1 N–H and O–H groups in total. The monoisotopic (exact) mass is 541 g/mol. The number of piperazine rings is 1. The molecule has 0 radical (unpaired) electrons. The highest BCUT2D eigenvalue weighted by molar-refractivity contribution is 5.99. The van der Waals surface area contributed by atoms with Crippen LogP contribution in [0.3, 0.4) is 0 Å². The molecule has 1 saturated heterocycles. The summed E-state index contributed by atoms with van der Waals surface area (Å²) in [7, 11) is 2.20. The molecule has 1 aliphatic heterocycles. The average Bonchev–Trinajstić information content (AvgIpc) is 3.48. The zero-order valence-corrected chi connectivity index (χ0v) is 23.8. The van der Waals surface area contributed by atoms with Gasteiger partial charge < -0.3 is 10.2 Å². The smallest absolute Gasteiger partial charge is 0.263 e. The Morgan fingerprint density at radius 3 is 2.42 bits per heavy atom. The summed E-state index contributed by atoms with van der Waals surface area (Å²) in [6.07, 6.45) is 13.4. The Morgan fingerprint density at radius 2 is 1.77 bits per heavy atom. The lowest BCUT2D eigenvalue weighted by atomic mass is 9.90. The molecule has 210 valence electrons. The molecule has 9 nitrogen and oxygen atoms in total. The van der Waals surface area contributed by atoms with Crippen molar-refractivity contribution >= 4 is 34.2 Å². The highest BCUT2D eigenvalue weighted by Gasteiger charge is 2.27. The van der Waals surface area contributed by atoms with Gasteiger partial charge in [-0.2, -0.15) is 4.98 Å². The summed E-state index contributed by atoms with van der Waals surface area (Å²) >= 11 is 0. The van der Waals surface area contributed by atoms with Crippen LogP contribution in [0.2, 0.25) is 0 Å². The largest absolute Gasteiger partial charge is 0.309 e. The zero-order valence-electron chi connectivity index (χ0n) is 23.8. The van der Waals surface area contributed by atoms with E-state index in [0.29, 0.717) is 29.0 Å². The maximum absolute atomic E-state index is 13.5. The molecule has 3 aromatic heterocycles. The van der Waals surface area contributed by atoms with Gasteiger partial charge in [-0.1, -0.05) is 18.9 Å². The molecule has 3 aliphatic rings. The van der Waals surface area contributed by atoms with Gasteiger partial charge in [-0.3, -0.25) is 19.1 Å². The van der Waals surface area contributed by atoms with Crippen LogP contribution in [0.25, 0.3) is 16.6 Å². The Labute approximate surface area is 235 Å². The molecule has 0 spiro atoms. The van der Waals surface area contributed by atoms with Gasteiger partial charge >= 0.3 is 0 Å². The van der Waals surface area contributed by atoms with Crippen molar-refractivity contribution in [2.45, 2.75) is 70.9 Å². The third-order valence-corrected chi connectivity index (χ3v) is 9.06. The van der Waals surface area contributed by atoms with Crippen LogP contribution >= 0.6 is 0 Å². The van der Waals surface area contributed by atoms with Crippen LogP contribution < -0.4 is 10.9 Å². The molecule has 40 heavy (non-hydrogen) atoms. The van der Waals surface area contributed by atoms with Crippen molar-refractivity contribution in [2.24, 2.45) is 0 Å². The van der Waals surface area contributed by atoms with Crippen LogP contribution in [0, 0.1) is 6.92 Å². The lowest BCUT2D eigenvalue weighted by Gasteiger charge is -2.39. The molecular formula is C31H39N7O2. The molecular weight excluding hydrogens is 502 g/mol. The van der Waals surface area contributed by atoms with E-state index in [1.807, 2.05) is 19.2 Å². The van der Waals surface area contributed by atoms with E-state index in [1.165, 1.54) is 18.9 Å². The van der Waals surface area contributed by atoms with Crippen molar-refractivity contribution in [3.8, 4) is 0 Å². The number of aromatic nitrogens is 4. The molecule has 1 unspecified atom stereocenters. The molecule has 4 heterocycles. The second-order valence-corrected chi connectivity index (χ2v) is 11.7. The van der Waals surface area contributed by atoms with Crippen LogP contribution in [-0.2, 0) is 0 Å². The topological polar surface area (TPSA) is 96.2 Å². The first kappa shape index (κ1) is 26.8. The summed E-state index contributed by atoms with van der Waals surface area (Å²) in [4.78, 5) is 44.8. The number of rotatable bonds is 6. The van der Waals surface area contributed by atoms with E-state index in [4.69, 9.17) is 4.98 Å². The van der Waals surface area contributed by atoms with Crippen LogP contribution in [0.1, 0.15) is 79.4 Å². The first-order valence-corrected chi connectivity index (χ1v) is 14.7. The number of allylic oxidation sites excluding steroid dienone is 1. The summed E-state index contributed by atoms with van der Waals surface area (Å²) in [5.74, 6) is 0.827. The minimum absolute atomic E-state index is 0.0495. The van der Waals surface area contributed by atoms with Crippen molar-refractivity contribution in [1.29, 1.82) is 0 Å². The normalized spacial score (nSPS) is 21.1. The number of aryl methyl sites for hydroxylation is 1. The predicted octanol–water partition coefficient (Wildman–Crippen LogP) is 4.74. The lowest BCUT2D eigenvalue weighted by Crippen LogP contribution is -2.49. The molecule has 1 atom stereocenters. The van der Waals surface area contributed by atoms with E-state index >= 15 is 0 Å². The van der Waals surface area contributed by atoms with Crippen molar-refractivity contribution in [2.75, 3.05) is 38.5 Å². The Hall–Kier alpha value is -3.43. The number of ketones is 1. The highest BCUT2D eigenvalue weighted by Crippen LogP contribution is 2.33. The maximum Gasteiger partial charge on any atom is 0.263 e. The third kappa shape index (κ3) is 5.20. The quantitative estimate of drug-likeness (QED) is 0.447. The summed E-state index contributed by atoms with van der Waals surface area (Å²) in [6, 6.07) is 4.77. The van der Waals surface area contributed by atoms with Gasteiger partial charge in [-0.05, 0) is 81.8 Å². The number of nitrogens with zero attached hydrogens (tertiary/aromatic N) is 6. The minimum Gasteiger partial charge on any atom is -0.309 e. The van der Waals surface area contributed by atoms with E-state index < -0.39 is 0 Å². The van der Waals surface area contributed by atoms with E-state index in [1.54, 1.807) is 10.8 Å². The minimum atomic E-state index is -0.243. The highest BCUT2D eigenvalue weighted by atomic mass is 16.1. The molecule has 3 aromatic rings. The fourth-order valence-electron chi connectivity index (χ4n) is 6.68. The van der Waals surface area contributed by atoms with Crippen LogP contribution in [0.15, 0.2) is 35.4 Å². The van der Waals surface area contributed by atoms with Gasteiger partial charge in [-0.25, -0.2) is 9.97 Å².